The van der Waals surface area contributed by atoms with Gasteiger partial charge in [-0.1, -0.05) is 12.1 Å². The fourth-order valence-corrected chi connectivity index (χ4v) is 3.48. The molecule has 0 bridgehead atoms. The molecule has 112 valence electrons. The molecule has 7 heteroatoms. The van der Waals surface area contributed by atoms with Gasteiger partial charge in [0.25, 0.3) is 0 Å². The number of carbonyl (C=O) groups excluding carboxylic acids is 1. The molecule has 0 saturated heterocycles. The predicted molar refractivity (Wildman–Crippen MR) is 76.5 cm³/mol. The number of hydrogen-bond acceptors (Lipinski definition) is 4. The fourth-order valence-electron chi connectivity index (χ4n) is 1.76. The number of methoxy groups -OCH3 is 1. The number of rotatable bonds is 5. The Morgan fingerprint density at radius 3 is 2.40 bits per heavy atom. The first-order valence-corrected chi connectivity index (χ1v) is 7.57. The summed E-state index contributed by atoms with van der Waals surface area (Å²) in [5.41, 5.74) is 3.93. The Balaban J connectivity index is 3.20. The van der Waals surface area contributed by atoms with Crippen molar-refractivity contribution in [2.45, 2.75) is 31.7 Å². The van der Waals surface area contributed by atoms with Crippen molar-refractivity contribution in [2.24, 2.45) is 5.73 Å². The van der Waals surface area contributed by atoms with Crippen LogP contribution in [0.5, 0.6) is 0 Å². The van der Waals surface area contributed by atoms with E-state index in [1.54, 1.807) is 32.9 Å². The molecule has 1 aromatic rings. The van der Waals surface area contributed by atoms with Crippen LogP contribution in [0.2, 0.25) is 0 Å². The molecule has 0 aliphatic carbocycles. The first kappa shape index (κ1) is 16.6. The summed E-state index contributed by atoms with van der Waals surface area (Å²) in [6.07, 6.45) is 0. The molecule has 20 heavy (non-hydrogen) atoms. The van der Waals surface area contributed by atoms with E-state index in [9.17, 15) is 13.2 Å². The van der Waals surface area contributed by atoms with Gasteiger partial charge in [-0.25, -0.2) is 13.1 Å². The standard InChI is InChI=1S/C13H20N2O4S/c1-13(2,3)15-20(17,18)12(19-4)10-7-5-6-9(8-10)11(14)16/h5-8,12,15H,1-4H3,(H2,14,16). The van der Waals surface area contributed by atoms with Crippen molar-refractivity contribution in [2.75, 3.05) is 7.11 Å². The maximum atomic E-state index is 12.3. The number of sulfonamides is 1. The SMILES string of the molecule is COC(c1cccc(C(N)=O)c1)S(=O)(=O)NC(C)(C)C. The van der Waals surface area contributed by atoms with Crippen LogP contribution in [0.1, 0.15) is 42.1 Å². The zero-order valence-electron chi connectivity index (χ0n) is 12.0. The van der Waals surface area contributed by atoms with Crippen molar-refractivity contribution in [3.63, 3.8) is 0 Å². The minimum Gasteiger partial charge on any atom is -0.366 e. The Bertz CT molecular complexity index is 591. The summed E-state index contributed by atoms with van der Waals surface area (Å²) in [6, 6.07) is 6.07. The summed E-state index contributed by atoms with van der Waals surface area (Å²) in [5.74, 6) is -0.622. The average molecular weight is 300 g/mol. The summed E-state index contributed by atoms with van der Waals surface area (Å²) in [6.45, 7) is 5.20. The van der Waals surface area contributed by atoms with Crippen LogP contribution < -0.4 is 10.5 Å². The molecule has 1 rings (SSSR count). The van der Waals surface area contributed by atoms with E-state index < -0.39 is 26.9 Å². The van der Waals surface area contributed by atoms with Crippen molar-refractivity contribution in [1.29, 1.82) is 0 Å². The minimum absolute atomic E-state index is 0.232. The topological polar surface area (TPSA) is 98.5 Å². The zero-order chi connectivity index (χ0) is 15.6. The molecule has 0 aliphatic rings. The van der Waals surface area contributed by atoms with E-state index >= 15 is 0 Å². The maximum absolute atomic E-state index is 12.3. The lowest BCUT2D eigenvalue weighted by Gasteiger charge is -2.25. The number of ether oxygens (including phenoxy) is 1. The molecule has 1 atom stereocenters. The van der Waals surface area contributed by atoms with Crippen LogP contribution >= 0.6 is 0 Å². The van der Waals surface area contributed by atoms with Gasteiger partial charge in [-0.05, 0) is 38.5 Å². The van der Waals surface area contributed by atoms with Gasteiger partial charge in [0.05, 0.1) is 0 Å². The summed E-state index contributed by atoms with van der Waals surface area (Å²) >= 11 is 0. The molecule has 1 amide bonds. The molecular formula is C13H20N2O4S. The summed E-state index contributed by atoms with van der Waals surface area (Å²) in [5, 5.41) is 0. The van der Waals surface area contributed by atoms with E-state index in [0.29, 0.717) is 5.56 Å². The van der Waals surface area contributed by atoms with Crippen LogP contribution in [0.15, 0.2) is 24.3 Å². The first-order chi connectivity index (χ1) is 9.07. The van der Waals surface area contributed by atoms with Crippen LogP contribution in [0.25, 0.3) is 0 Å². The summed E-state index contributed by atoms with van der Waals surface area (Å²) in [4.78, 5) is 11.2. The summed E-state index contributed by atoms with van der Waals surface area (Å²) in [7, 11) is -2.45. The number of nitrogens with two attached hydrogens (primary N) is 1. The second kappa shape index (κ2) is 5.90. The van der Waals surface area contributed by atoms with Gasteiger partial charge in [-0.3, -0.25) is 4.79 Å². The first-order valence-electron chi connectivity index (χ1n) is 6.02. The average Bonchev–Trinajstić information content (AvgIpc) is 2.26. The highest BCUT2D eigenvalue weighted by Gasteiger charge is 2.31. The second-order valence-electron chi connectivity index (χ2n) is 5.45. The third-order valence-electron chi connectivity index (χ3n) is 2.39. The van der Waals surface area contributed by atoms with Crippen LogP contribution in [0, 0.1) is 0 Å². The molecular weight excluding hydrogens is 280 g/mol. The van der Waals surface area contributed by atoms with Gasteiger partial charge in [-0.2, -0.15) is 0 Å². The Kier molecular flexibility index (Phi) is 4.90. The maximum Gasteiger partial charge on any atom is 0.248 e. The van der Waals surface area contributed by atoms with Crippen LogP contribution in [-0.4, -0.2) is 27.0 Å². The smallest absolute Gasteiger partial charge is 0.248 e. The Morgan fingerprint density at radius 2 is 1.95 bits per heavy atom. The molecule has 0 spiro atoms. The van der Waals surface area contributed by atoms with Crippen LogP contribution in [-0.2, 0) is 14.8 Å². The monoisotopic (exact) mass is 300 g/mol. The van der Waals surface area contributed by atoms with Crippen molar-refractivity contribution < 1.29 is 17.9 Å². The normalized spacial score (nSPS) is 14.0. The number of carbonyl (C=O) groups is 1. The lowest BCUT2D eigenvalue weighted by Crippen LogP contribution is -2.43. The Labute approximate surface area is 119 Å². The van der Waals surface area contributed by atoms with Crippen molar-refractivity contribution >= 4 is 15.9 Å². The number of primary amides is 1. The second-order valence-corrected chi connectivity index (χ2v) is 7.18. The lowest BCUT2D eigenvalue weighted by molar-refractivity contribution is 0.0999. The zero-order valence-corrected chi connectivity index (χ0v) is 12.8. The van der Waals surface area contributed by atoms with Gasteiger partial charge in [0, 0.05) is 18.2 Å². The van der Waals surface area contributed by atoms with Gasteiger partial charge >= 0.3 is 0 Å². The highest BCUT2D eigenvalue weighted by Crippen LogP contribution is 2.24. The Hall–Kier alpha value is -1.44. The molecule has 0 radical (unpaired) electrons. The lowest BCUT2D eigenvalue weighted by atomic mass is 10.1. The van der Waals surface area contributed by atoms with Crippen molar-refractivity contribution in [3.8, 4) is 0 Å². The van der Waals surface area contributed by atoms with E-state index in [1.807, 2.05) is 0 Å². The molecule has 0 heterocycles. The van der Waals surface area contributed by atoms with E-state index in [2.05, 4.69) is 4.72 Å². The Morgan fingerprint density at radius 1 is 1.35 bits per heavy atom. The van der Waals surface area contributed by atoms with Gasteiger partial charge < -0.3 is 10.5 Å². The number of benzene rings is 1. The molecule has 0 aliphatic heterocycles. The quantitative estimate of drug-likeness (QED) is 0.852. The highest BCUT2D eigenvalue weighted by molar-refractivity contribution is 7.89. The predicted octanol–water partition coefficient (Wildman–Crippen LogP) is 1.15. The summed E-state index contributed by atoms with van der Waals surface area (Å²) < 4.78 is 32.2. The molecule has 3 N–H and O–H groups in total. The fraction of sp³-hybridized carbons (Fsp3) is 0.462. The van der Waals surface area contributed by atoms with Gasteiger partial charge in [-0.15, -0.1) is 0 Å². The molecule has 1 unspecified atom stereocenters. The van der Waals surface area contributed by atoms with Crippen molar-refractivity contribution in [3.05, 3.63) is 35.4 Å². The highest BCUT2D eigenvalue weighted by atomic mass is 32.2. The number of hydrogen-bond donors (Lipinski definition) is 2. The molecule has 1 aromatic carbocycles. The van der Waals surface area contributed by atoms with Crippen LogP contribution in [0.3, 0.4) is 0 Å². The van der Waals surface area contributed by atoms with E-state index in [4.69, 9.17) is 10.5 Å². The van der Waals surface area contributed by atoms with E-state index in [0.717, 1.165) is 0 Å². The van der Waals surface area contributed by atoms with Gasteiger partial charge in [0.1, 0.15) is 0 Å². The van der Waals surface area contributed by atoms with Crippen molar-refractivity contribution in [1.82, 2.24) is 4.72 Å². The molecule has 0 aromatic heterocycles. The molecule has 0 fully saturated rings. The minimum atomic E-state index is -3.75. The number of amides is 1. The van der Waals surface area contributed by atoms with Gasteiger partial charge in [0.15, 0.2) is 5.44 Å². The third kappa shape index (κ3) is 4.29. The largest absolute Gasteiger partial charge is 0.366 e. The third-order valence-corrected chi connectivity index (χ3v) is 4.31. The van der Waals surface area contributed by atoms with E-state index in [1.165, 1.54) is 19.2 Å². The molecule has 6 nitrogen and oxygen atoms in total. The number of nitrogens with one attached hydrogen (secondary N) is 1. The van der Waals surface area contributed by atoms with Crippen LogP contribution in [0.4, 0.5) is 0 Å². The van der Waals surface area contributed by atoms with E-state index in [-0.39, 0.29) is 5.56 Å². The van der Waals surface area contributed by atoms with Gasteiger partial charge in [0.2, 0.25) is 15.9 Å². The molecule has 0 saturated carbocycles.